The molecule has 0 unspecified atom stereocenters. The van der Waals surface area contributed by atoms with E-state index < -0.39 is 0 Å². The highest BCUT2D eigenvalue weighted by Crippen LogP contribution is 2.22. The first-order valence-corrected chi connectivity index (χ1v) is 7.26. The lowest BCUT2D eigenvalue weighted by molar-refractivity contribution is 0.318. The van der Waals surface area contributed by atoms with E-state index in [1.54, 1.807) is 11.3 Å². The zero-order valence-electron chi connectivity index (χ0n) is 12.5. The van der Waals surface area contributed by atoms with Gasteiger partial charge in [-0.05, 0) is 26.3 Å². The van der Waals surface area contributed by atoms with Crippen LogP contribution in [0.2, 0.25) is 0 Å². The molecule has 3 N–H and O–H groups in total. The van der Waals surface area contributed by atoms with Crippen LogP contribution in [-0.2, 0) is 6.54 Å². The molecule has 112 valence electrons. The first-order valence-electron chi connectivity index (χ1n) is 6.38. The lowest BCUT2D eigenvalue weighted by Gasteiger charge is -2.21. The number of nitrogens with two attached hydrogens (primary N) is 1. The van der Waals surface area contributed by atoms with Crippen molar-refractivity contribution in [3.05, 3.63) is 32.9 Å². The Labute approximate surface area is 127 Å². The summed E-state index contributed by atoms with van der Waals surface area (Å²) in [5, 5.41) is 23.4. The summed E-state index contributed by atoms with van der Waals surface area (Å²) in [6.45, 7) is 6.25. The number of thiazole rings is 1. The van der Waals surface area contributed by atoms with E-state index in [9.17, 15) is 0 Å². The predicted molar refractivity (Wildman–Crippen MR) is 83.0 cm³/mol. The minimum atomic E-state index is 0.0295. The van der Waals surface area contributed by atoms with Gasteiger partial charge in [-0.2, -0.15) is 5.10 Å². The van der Waals surface area contributed by atoms with Gasteiger partial charge in [0.25, 0.3) is 0 Å². The van der Waals surface area contributed by atoms with Gasteiger partial charge in [0.2, 0.25) is 0 Å². The second-order valence-corrected chi connectivity index (χ2v) is 5.87. The summed E-state index contributed by atoms with van der Waals surface area (Å²) in [4.78, 5) is 6.32. The highest BCUT2D eigenvalue weighted by molar-refractivity contribution is 7.09. The fourth-order valence-electron chi connectivity index (χ4n) is 2.02. The minimum absolute atomic E-state index is 0.0295. The third-order valence-electron chi connectivity index (χ3n) is 3.23. The Balaban J connectivity index is 2.40. The molecule has 0 aromatic carbocycles. The van der Waals surface area contributed by atoms with E-state index in [0.29, 0.717) is 17.9 Å². The van der Waals surface area contributed by atoms with E-state index in [-0.39, 0.29) is 5.84 Å². The molecule has 0 spiro atoms. The molecule has 7 nitrogen and oxygen atoms in total. The van der Waals surface area contributed by atoms with Crippen molar-refractivity contribution in [2.75, 3.05) is 11.9 Å². The molecule has 0 aliphatic heterocycles. The van der Waals surface area contributed by atoms with Crippen LogP contribution in [0.15, 0.2) is 10.5 Å². The number of amidine groups is 1. The Morgan fingerprint density at radius 3 is 2.67 bits per heavy atom. The van der Waals surface area contributed by atoms with E-state index in [1.807, 2.05) is 38.1 Å². The average Bonchev–Trinajstić information content (AvgIpc) is 2.85. The molecule has 0 radical (unpaired) electrons. The van der Waals surface area contributed by atoms with Crippen molar-refractivity contribution in [1.29, 1.82) is 0 Å². The quantitative estimate of drug-likeness (QED) is 0.385. The number of oxime groups is 1. The minimum Gasteiger partial charge on any atom is -0.409 e. The molecule has 0 saturated heterocycles. The van der Waals surface area contributed by atoms with Crippen LogP contribution in [0, 0.1) is 20.8 Å². The Bertz CT molecular complexity index is 681. The van der Waals surface area contributed by atoms with Gasteiger partial charge in [0.15, 0.2) is 11.7 Å². The Morgan fingerprint density at radius 1 is 1.38 bits per heavy atom. The maximum atomic E-state index is 8.99. The van der Waals surface area contributed by atoms with Crippen molar-refractivity contribution in [2.45, 2.75) is 27.3 Å². The lowest BCUT2D eigenvalue weighted by atomic mass is 10.1. The third-order valence-corrected chi connectivity index (χ3v) is 4.05. The zero-order valence-corrected chi connectivity index (χ0v) is 13.3. The van der Waals surface area contributed by atoms with E-state index in [0.717, 1.165) is 22.0 Å². The number of hydrogen-bond acceptors (Lipinski definition) is 7. The topological polar surface area (TPSA) is 101 Å². The molecule has 0 amide bonds. The number of anilines is 1. The molecule has 2 rings (SSSR count). The van der Waals surface area contributed by atoms with E-state index >= 15 is 0 Å². The van der Waals surface area contributed by atoms with Crippen molar-refractivity contribution in [3.63, 3.8) is 0 Å². The molecule has 21 heavy (non-hydrogen) atoms. The average molecular weight is 306 g/mol. The van der Waals surface area contributed by atoms with E-state index in [1.165, 1.54) is 0 Å². The summed E-state index contributed by atoms with van der Waals surface area (Å²) in [6.07, 6.45) is 0. The fourth-order valence-corrected chi connectivity index (χ4v) is 2.62. The third kappa shape index (κ3) is 3.10. The van der Waals surface area contributed by atoms with Gasteiger partial charge in [-0.15, -0.1) is 16.4 Å². The number of nitrogens with zero attached hydrogens (tertiary/aromatic N) is 5. The van der Waals surface area contributed by atoms with Crippen molar-refractivity contribution in [1.82, 2.24) is 15.2 Å². The van der Waals surface area contributed by atoms with Gasteiger partial charge in [0.1, 0.15) is 0 Å². The molecule has 0 aliphatic carbocycles. The summed E-state index contributed by atoms with van der Waals surface area (Å²) in [6, 6.07) is 0. The summed E-state index contributed by atoms with van der Waals surface area (Å²) < 4.78 is 0. The monoisotopic (exact) mass is 306 g/mol. The van der Waals surface area contributed by atoms with Crippen LogP contribution in [-0.4, -0.2) is 33.3 Å². The Morgan fingerprint density at radius 2 is 2.10 bits per heavy atom. The van der Waals surface area contributed by atoms with Crippen LogP contribution < -0.4 is 10.6 Å². The number of aryl methyl sites for hydroxylation is 2. The predicted octanol–water partition coefficient (Wildman–Crippen LogP) is 1.59. The van der Waals surface area contributed by atoms with Gasteiger partial charge >= 0.3 is 0 Å². The van der Waals surface area contributed by atoms with Crippen LogP contribution >= 0.6 is 11.3 Å². The van der Waals surface area contributed by atoms with Crippen molar-refractivity contribution in [2.24, 2.45) is 10.9 Å². The molecular weight excluding hydrogens is 288 g/mol. The summed E-state index contributed by atoms with van der Waals surface area (Å²) in [7, 11) is 1.88. The second kappa shape index (κ2) is 6.04. The zero-order chi connectivity index (χ0) is 15.6. The summed E-state index contributed by atoms with van der Waals surface area (Å²) in [5.74, 6) is 0.598. The van der Waals surface area contributed by atoms with Gasteiger partial charge in [-0.3, -0.25) is 0 Å². The number of hydrogen-bond donors (Lipinski definition) is 2. The molecule has 2 heterocycles. The molecule has 8 heteroatoms. The Kier molecular flexibility index (Phi) is 4.37. The van der Waals surface area contributed by atoms with Crippen molar-refractivity contribution < 1.29 is 5.21 Å². The van der Waals surface area contributed by atoms with Gasteiger partial charge in [-0.1, -0.05) is 5.16 Å². The highest BCUT2D eigenvalue weighted by Gasteiger charge is 2.19. The van der Waals surface area contributed by atoms with Crippen LogP contribution in [0.5, 0.6) is 0 Å². The number of aromatic nitrogens is 3. The van der Waals surface area contributed by atoms with Gasteiger partial charge < -0.3 is 15.8 Å². The smallest absolute Gasteiger partial charge is 0.174 e. The van der Waals surface area contributed by atoms with Crippen LogP contribution in [0.25, 0.3) is 0 Å². The standard InChI is InChI=1S/C13H18N6OS/c1-7-8(2)16-17-13(11(7)12(14)18-20)19(4)5-10-6-21-9(3)15-10/h6,20H,5H2,1-4H3,(H2,14,18). The molecule has 0 fully saturated rings. The lowest BCUT2D eigenvalue weighted by Crippen LogP contribution is -2.26. The summed E-state index contributed by atoms with van der Waals surface area (Å²) >= 11 is 1.60. The highest BCUT2D eigenvalue weighted by atomic mass is 32.1. The van der Waals surface area contributed by atoms with E-state index in [2.05, 4.69) is 20.3 Å². The molecular formula is C13H18N6OS. The normalized spacial score (nSPS) is 11.7. The van der Waals surface area contributed by atoms with Crippen molar-refractivity contribution >= 4 is 23.0 Å². The number of rotatable bonds is 4. The molecule has 0 bridgehead atoms. The van der Waals surface area contributed by atoms with Crippen LogP contribution in [0.1, 0.15) is 27.5 Å². The van der Waals surface area contributed by atoms with Crippen molar-refractivity contribution in [3.8, 4) is 0 Å². The largest absolute Gasteiger partial charge is 0.409 e. The van der Waals surface area contributed by atoms with Crippen LogP contribution in [0.4, 0.5) is 5.82 Å². The molecule has 0 saturated carbocycles. The molecule has 2 aromatic rings. The van der Waals surface area contributed by atoms with Gasteiger partial charge in [0.05, 0.1) is 28.5 Å². The second-order valence-electron chi connectivity index (χ2n) is 4.81. The molecule has 2 aromatic heterocycles. The van der Waals surface area contributed by atoms with Crippen LogP contribution in [0.3, 0.4) is 0 Å². The van der Waals surface area contributed by atoms with Gasteiger partial charge in [-0.25, -0.2) is 4.98 Å². The summed E-state index contributed by atoms with van der Waals surface area (Å²) in [5.41, 5.74) is 8.93. The SMILES string of the molecule is Cc1nc(CN(C)c2nnc(C)c(C)c2C(N)=NO)cs1. The maximum Gasteiger partial charge on any atom is 0.174 e. The fraction of sp³-hybridized carbons (Fsp3) is 0.385. The van der Waals surface area contributed by atoms with Gasteiger partial charge in [0, 0.05) is 12.4 Å². The molecule has 0 aliphatic rings. The molecule has 0 atom stereocenters. The van der Waals surface area contributed by atoms with E-state index in [4.69, 9.17) is 10.9 Å². The Hall–Kier alpha value is -2.22. The maximum absolute atomic E-state index is 8.99. The first-order chi connectivity index (χ1) is 9.93. The first kappa shape index (κ1) is 15.2.